The van der Waals surface area contributed by atoms with Gasteiger partial charge in [-0.1, -0.05) is 54.6 Å². The molecule has 0 fully saturated rings. The van der Waals surface area contributed by atoms with E-state index >= 15 is 0 Å². The molecule has 0 saturated heterocycles. The Morgan fingerprint density at radius 1 is 0.926 bits per heavy atom. The maximum absolute atomic E-state index is 12.6. The van der Waals surface area contributed by atoms with Crippen molar-refractivity contribution in [3.05, 3.63) is 102 Å². The van der Waals surface area contributed by atoms with Gasteiger partial charge < -0.3 is 4.74 Å². The van der Waals surface area contributed by atoms with Gasteiger partial charge in [-0.2, -0.15) is 0 Å². The van der Waals surface area contributed by atoms with Crippen molar-refractivity contribution < 1.29 is 9.53 Å². The second-order valence-electron chi connectivity index (χ2n) is 6.42. The van der Waals surface area contributed by atoms with Gasteiger partial charge in [-0.05, 0) is 80.1 Å². The highest BCUT2D eigenvalue weighted by Crippen LogP contribution is 2.32. The first-order valence-corrected chi connectivity index (χ1v) is 10.8. The number of Topliss-reactive ketones (excluding diaryl/α,β-unsaturated/α-hetero) is 1. The van der Waals surface area contributed by atoms with Crippen LogP contribution in [0.5, 0.6) is 5.75 Å². The van der Waals surface area contributed by atoms with Crippen LogP contribution < -0.4 is 4.74 Å². The monoisotopic (exact) mass is 578 g/mol. The molecular weight excluding hydrogens is 562 g/mol. The van der Waals surface area contributed by atoms with Crippen LogP contribution >= 0.6 is 45.2 Å². The highest BCUT2D eigenvalue weighted by Gasteiger charge is 2.24. The van der Waals surface area contributed by atoms with Crippen LogP contribution in [-0.2, 0) is 13.0 Å². The Morgan fingerprint density at radius 3 is 2.30 bits per heavy atom. The van der Waals surface area contributed by atoms with E-state index in [0.717, 1.165) is 40.7 Å². The Balaban J connectivity index is 1.56. The van der Waals surface area contributed by atoms with E-state index in [9.17, 15) is 4.79 Å². The van der Waals surface area contributed by atoms with Gasteiger partial charge >= 0.3 is 0 Å². The van der Waals surface area contributed by atoms with Gasteiger partial charge in [-0.25, -0.2) is 0 Å². The van der Waals surface area contributed by atoms with Crippen LogP contribution in [0.1, 0.15) is 27.0 Å². The maximum Gasteiger partial charge on any atom is 0.189 e. The summed E-state index contributed by atoms with van der Waals surface area (Å²) in [6.45, 7) is 0.543. The number of ether oxygens (including phenoxy) is 1. The van der Waals surface area contributed by atoms with Crippen molar-refractivity contribution in [2.45, 2.75) is 13.0 Å². The number of benzene rings is 3. The lowest BCUT2D eigenvalue weighted by molar-refractivity contribution is 0.104. The average molecular weight is 578 g/mol. The lowest BCUT2D eigenvalue weighted by atomic mass is 10.1. The van der Waals surface area contributed by atoms with Gasteiger partial charge in [0.1, 0.15) is 12.4 Å². The Morgan fingerprint density at radius 2 is 1.59 bits per heavy atom. The molecule has 0 heterocycles. The zero-order chi connectivity index (χ0) is 18.8. The van der Waals surface area contributed by atoms with E-state index < -0.39 is 0 Å². The van der Waals surface area contributed by atoms with E-state index in [0.29, 0.717) is 13.0 Å². The van der Waals surface area contributed by atoms with Gasteiger partial charge in [0.2, 0.25) is 0 Å². The summed E-state index contributed by atoms with van der Waals surface area (Å²) < 4.78 is 8.14. The molecule has 0 spiro atoms. The number of ketones is 1. The number of hydrogen-bond donors (Lipinski definition) is 0. The van der Waals surface area contributed by atoms with Crippen molar-refractivity contribution in [2.24, 2.45) is 0 Å². The Kier molecular flexibility index (Phi) is 5.63. The molecule has 0 N–H and O–H groups in total. The molecule has 27 heavy (non-hydrogen) atoms. The standard InChI is InChI=1S/C23H16I2O2/c24-20-11-16(10-18-13-17-8-4-5-9-19(17)22(18)26)12-21(25)23(20)27-14-15-6-2-1-3-7-15/h1-12H,13-14H2/b18-10+. The Labute approximate surface area is 185 Å². The lowest BCUT2D eigenvalue weighted by Crippen LogP contribution is -2.00. The SMILES string of the molecule is O=C1/C(=C/c2cc(I)c(OCc3ccccc3)c(I)c2)Cc2ccccc21. The van der Waals surface area contributed by atoms with Gasteiger partial charge in [-0.3, -0.25) is 4.79 Å². The fourth-order valence-electron chi connectivity index (χ4n) is 3.20. The summed E-state index contributed by atoms with van der Waals surface area (Å²) in [6.07, 6.45) is 2.71. The van der Waals surface area contributed by atoms with Crippen LogP contribution in [0.3, 0.4) is 0 Å². The number of fused-ring (bicyclic) bond motifs is 1. The molecule has 1 aliphatic carbocycles. The zero-order valence-corrected chi connectivity index (χ0v) is 18.7. The van der Waals surface area contributed by atoms with Crippen LogP contribution in [0.25, 0.3) is 6.08 Å². The molecule has 1 aliphatic rings. The summed E-state index contributed by atoms with van der Waals surface area (Å²) in [5.41, 5.74) is 4.97. The molecule has 3 aromatic rings. The highest BCUT2D eigenvalue weighted by atomic mass is 127. The van der Waals surface area contributed by atoms with Crippen molar-refractivity contribution in [2.75, 3.05) is 0 Å². The van der Waals surface area contributed by atoms with E-state index in [4.69, 9.17) is 4.74 Å². The average Bonchev–Trinajstić information content (AvgIpc) is 2.98. The molecule has 0 amide bonds. The summed E-state index contributed by atoms with van der Waals surface area (Å²) in [4.78, 5) is 12.6. The van der Waals surface area contributed by atoms with E-state index in [-0.39, 0.29) is 5.78 Å². The van der Waals surface area contributed by atoms with Gasteiger partial charge in [0, 0.05) is 17.6 Å². The highest BCUT2D eigenvalue weighted by molar-refractivity contribution is 14.1. The molecule has 0 radical (unpaired) electrons. The quantitative estimate of drug-likeness (QED) is 0.269. The topological polar surface area (TPSA) is 26.3 Å². The largest absolute Gasteiger partial charge is 0.487 e. The number of halogens is 2. The number of hydrogen-bond acceptors (Lipinski definition) is 2. The molecule has 0 unspecified atom stereocenters. The lowest BCUT2D eigenvalue weighted by Gasteiger charge is -2.12. The fraction of sp³-hybridized carbons (Fsp3) is 0.0870. The van der Waals surface area contributed by atoms with Crippen LogP contribution in [0.15, 0.2) is 72.3 Å². The molecular formula is C23H16I2O2. The fourth-order valence-corrected chi connectivity index (χ4v) is 5.33. The molecule has 0 aromatic heterocycles. The number of carbonyl (C=O) groups excluding carboxylic acids is 1. The van der Waals surface area contributed by atoms with Crippen molar-refractivity contribution in [3.63, 3.8) is 0 Å². The first-order valence-electron chi connectivity index (χ1n) is 8.61. The Bertz CT molecular complexity index is 1020. The third kappa shape index (κ3) is 4.11. The molecule has 134 valence electrons. The third-order valence-corrected chi connectivity index (χ3v) is 6.12. The second kappa shape index (κ2) is 8.14. The van der Waals surface area contributed by atoms with Crippen molar-refractivity contribution in [1.82, 2.24) is 0 Å². The molecule has 0 bridgehead atoms. The zero-order valence-electron chi connectivity index (χ0n) is 14.4. The predicted molar refractivity (Wildman–Crippen MR) is 125 cm³/mol. The summed E-state index contributed by atoms with van der Waals surface area (Å²) in [5, 5.41) is 0. The number of allylic oxidation sites excluding steroid dienone is 1. The summed E-state index contributed by atoms with van der Waals surface area (Å²) in [7, 11) is 0. The van der Waals surface area contributed by atoms with Gasteiger partial charge in [0.15, 0.2) is 5.78 Å². The van der Waals surface area contributed by atoms with Crippen LogP contribution in [0.2, 0.25) is 0 Å². The van der Waals surface area contributed by atoms with Gasteiger partial charge in [-0.15, -0.1) is 0 Å². The Hall–Kier alpha value is -1.67. The van der Waals surface area contributed by atoms with E-state index in [1.165, 1.54) is 0 Å². The van der Waals surface area contributed by atoms with Crippen LogP contribution in [-0.4, -0.2) is 5.78 Å². The molecule has 3 aromatic carbocycles. The third-order valence-electron chi connectivity index (χ3n) is 4.52. The number of rotatable bonds is 4. The van der Waals surface area contributed by atoms with E-state index in [2.05, 4.69) is 69.4 Å². The molecule has 2 nitrogen and oxygen atoms in total. The first kappa shape index (κ1) is 18.7. The molecule has 4 rings (SSSR count). The van der Waals surface area contributed by atoms with Crippen molar-refractivity contribution in [3.8, 4) is 5.75 Å². The first-order chi connectivity index (χ1) is 13.1. The maximum atomic E-state index is 12.6. The van der Waals surface area contributed by atoms with Crippen LogP contribution in [0, 0.1) is 7.14 Å². The minimum absolute atomic E-state index is 0.139. The summed E-state index contributed by atoms with van der Waals surface area (Å²) in [6, 6.07) is 22.1. The van der Waals surface area contributed by atoms with E-state index in [1.807, 2.05) is 48.5 Å². The second-order valence-corrected chi connectivity index (χ2v) is 8.74. The summed E-state index contributed by atoms with van der Waals surface area (Å²) in [5.74, 6) is 1.03. The van der Waals surface area contributed by atoms with Crippen molar-refractivity contribution >= 4 is 57.0 Å². The smallest absolute Gasteiger partial charge is 0.189 e. The molecule has 0 saturated carbocycles. The van der Waals surface area contributed by atoms with Gasteiger partial charge in [0.25, 0.3) is 0 Å². The minimum Gasteiger partial charge on any atom is -0.487 e. The molecule has 0 atom stereocenters. The molecule has 0 aliphatic heterocycles. The summed E-state index contributed by atoms with van der Waals surface area (Å²) >= 11 is 4.60. The van der Waals surface area contributed by atoms with Crippen LogP contribution in [0.4, 0.5) is 0 Å². The molecule has 4 heteroatoms. The van der Waals surface area contributed by atoms with Crippen molar-refractivity contribution in [1.29, 1.82) is 0 Å². The van der Waals surface area contributed by atoms with E-state index in [1.54, 1.807) is 0 Å². The minimum atomic E-state index is 0.139. The number of carbonyl (C=O) groups is 1. The van der Waals surface area contributed by atoms with Gasteiger partial charge in [0.05, 0.1) is 7.14 Å². The normalized spacial score (nSPS) is 14.4. The predicted octanol–water partition coefficient (Wildman–Crippen LogP) is 6.30.